The first-order chi connectivity index (χ1) is 17.0. The predicted molar refractivity (Wildman–Crippen MR) is 137 cm³/mol. The van der Waals surface area contributed by atoms with Crippen LogP contribution in [0.4, 0.5) is 11.4 Å². The highest BCUT2D eigenvalue weighted by molar-refractivity contribution is 5.95. The van der Waals surface area contributed by atoms with Crippen LogP contribution in [0, 0.1) is 11.3 Å². The Hall–Kier alpha value is -4.00. The van der Waals surface area contributed by atoms with Crippen molar-refractivity contribution in [3.63, 3.8) is 0 Å². The molecule has 3 N–H and O–H groups in total. The van der Waals surface area contributed by atoms with E-state index in [1.807, 2.05) is 29.2 Å². The molecule has 2 heterocycles. The quantitative estimate of drug-likeness (QED) is 0.528. The summed E-state index contributed by atoms with van der Waals surface area (Å²) in [5.41, 5.74) is 8.04. The van der Waals surface area contributed by atoms with Crippen LogP contribution in [0.25, 0.3) is 0 Å². The van der Waals surface area contributed by atoms with Crippen molar-refractivity contribution in [3.8, 4) is 5.75 Å². The summed E-state index contributed by atoms with van der Waals surface area (Å²) in [7, 11) is 0. The maximum Gasteiger partial charge on any atom is 0.260 e. The van der Waals surface area contributed by atoms with Gasteiger partial charge in [0.15, 0.2) is 6.61 Å². The van der Waals surface area contributed by atoms with E-state index in [0.717, 1.165) is 25.3 Å². The van der Waals surface area contributed by atoms with Gasteiger partial charge < -0.3 is 25.6 Å². The fourth-order valence-corrected chi connectivity index (χ4v) is 5.22. The maximum absolute atomic E-state index is 13.1. The normalized spacial score (nSPS) is 18.2. The van der Waals surface area contributed by atoms with E-state index in [4.69, 9.17) is 10.5 Å². The van der Waals surface area contributed by atoms with Crippen LogP contribution in [0.1, 0.15) is 10.4 Å². The van der Waals surface area contributed by atoms with E-state index in [1.165, 1.54) is 5.69 Å². The van der Waals surface area contributed by atoms with Gasteiger partial charge in [-0.2, -0.15) is 0 Å². The monoisotopic (exact) mass is 470 g/mol. The number of nitrogens with one attached hydrogen (secondary N) is 1. The lowest BCUT2D eigenvalue weighted by Crippen LogP contribution is -2.61. The van der Waals surface area contributed by atoms with Crippen LogP contribution < -0.4 is 20.7 Å². The van der Waals surface area contributed by atoms with E-state index >= 15 is 0 Å². The van der Waals surface area contributed by atoms with Gasteiger partial charge in [0, 0.05) is 55.4 Å². The van der Waals surface area contributed by atoms with Gasteiger partial charge in [-0.25, -0.2) is 0 Å². The fourth-order valence-electron chi connectivity index (χ4n) is 5.22. The molecule has 3 aromatic rings. The van der Waals surface area contributed by atoms with Gasteiger partial charge >= 0.3 is 0 Å². The average Bonchev–Trinajstić information content (AvgIpc) is 3.26. The number of rotatable bonds is 8. The van der Waals surface area contributed by atoms with Crippen molar-refractivity contribution in [2.75, 3.05) is 49.5 Å². The Morgan fingerprint density at radius 2 is 1.57 bits per heavy atom. The Kier molecular flexibility index (Phi) is 6.31. The van der Waals surface area contributed by atoms with Gasteiger partial charge in [-0.15, -0.1) is 0 Å². The Labute approximate surface area is 205 Å². The molecular weight excluding hydrogens is 440 g/mol. The van der Waals surface area contributed by atoms with Crippen molar-refractivity contribution in [1.29, 1.82) is 0 Å². The van der Waals surface area contributed by atoms with Crippen molar-refractivity contribution >= 4 is 23.2 Å². The van der Waals surface area contributed by atoms with Gasteiger partial charge in [0.05, 0.1) is 5.56 Å². The molecule has 2 fully saturated rings. The van der Waals surface area contributed by atoms with Gasteiger partial charge in [-0.3, -0.25) is 9.59 Å². The summed E-state index contributed by atoms with van der Waals surface area (Å²) in [4.78, 5) is 29.1. The smallest absolute Gasteiger partial charge is 0.260 e. The number of nitrogens with two attached hydrogens (primary N) is 1. The molecule has 180 valence electrons. The Bertz CT molecular complexity index is 1180. The number of amides is 2. The van der Waals surface area contributed by atoms with Crippen LogP contribution in [0.5, 0.6) is 5.75 Å². The second-order valence-corrected chi connectivity index (χ2v) is 9.42. The summed E-state index contributed by atoms with van der Waals surface area (Å²) in [6.45, 7) is 3.85. The van der Waals surface area contributed by atoms with Crippen LogP contribution >= 0.6 is 0 Å². The molecule has 2 amide bonds. The second kappa shape index (κ2) is 9.70. The number of ether oxygens (including phenoxy) is 1. The van der Waals surface area contributed by atoms with Gasteiger partial charge in [0.2, 0.25) is 0 Å². The molecule has 7 nitrogen and oxygen atoms in total. The topological polar surface area (TPSA) is 87.9 Å². The van der Waals surface area contributed by atoms with Crippen LogP contribution in [-0.4, -0.2) is 56.0 Å². The van der Waals surface area contributed by atoms with Crippen molar-refractivity contribution in [1.82, 2.24) is 4.90 Å². The van der Waals surface area contributed by atoms with Crippen LogP contribution in [0.15, 0.2) is 84.9 Å². The molecule has 0 radical (unpaired) electrons. The number of carbonyl (C=O) groups excluding carboxylic acids is 2. The van der Waals surface area contributed by atoms with Gasteiger partial charge in [0.25, 0.3) is 11.8 Å². The predicted octanol–water partition coefficient (Wildman–Crippen LogP) is 3.24. The highest BCUT2D eigenvalue weighted by Gasteiger charge is 2.54. The minimum Gasteiger partial charge on any atom is -0.483 e. The molecule has 1 atom stereocenters. The minimum atomic E-state index is -0.573. The number of para-hydroxylation sites is 3. The zero-order valence-electron chi connectivity index (χ0n) is 19.6. The minimum absolute atomic E-state index is 0.0262. The molecule has 3 aromatic carbocycles. The summed E-state index contributed by atoms with van der Waals surface area (Å²) >= 11 is 0. The zero-order chi connectivity index (χ0) is 24.3. The summed E-state index contributed by atoms with van der Waals surface area (Å²) in [5, 5.41) is 3.56. The molecular formula is C28H30N4O3. The fraction of sp³-hybridized carbons (Fsp3) is 0.286. The third-order valence-electron chi connectivity index (χ3n) is 7.13. The first-order valence-electron chi connectivity index (χ1n) is 11.9. The molecule has 0 aromatic heterocycles. The largest absolute Gasteiger partial charge is 0.483 e. The van der Waals surface area contributed by atoms with E-state index < -0.39 is 5.91 Å². The van der Waals surface area contributed by atoms with E-state index in [0.29, 0.717) is 24.8 Å². The first-order valence-corrected chi connectivity index (χ1v) is 11.9. The number of likely N-dealkylation sites (tertiary alicyclic amines) is 1. The van der Waals surface area contributed by atoms with Crippen LogP contribution in [0.2, 0.25) is 0 Å². The van der Waals surface area contributed by atoms with E-state index in [1.54, 1.807) is 24.3 Å². The summed E-state index contributed by atoms with van der Waals surface area (Å²) in [5.74, 6) is -0.00677. The van der Waals surface area contributed by atoms with Crippen LogP contribution in [-0.2, 0) is 4.79 Å². The number of anilines is 2. The highest BCUT2D eigenvalue weighted by Crippen LogP contribution is 2.45. The molecule has 0 saturated carbocycles. The molecule has 0 aliphatic carbocycles. The van der Waals surface area contributed by atoms with Crippen LogP contribution in [0.3, 0.4) is 0 Å². The van der Waals surface area contributed by atoms with Gasteiger partial charge in [-0.1, -0.05) is 48.5 Å². The number of benzene rings is 3. The lowest BCUT2D eigenvalue weighted by Gasteiger charge is -2.52. The molecule has 35 heavy (non-hydrogen) atoms. The van der Waals surface area contributed by atoms with Crippen molar-refractivity contribution in [2.45, 2.75) is 0 Å². The molecule has 2 saturated heterocycles. The highest BCUT2D eigenvalue weighted by atomic mass is 16.5. The molecule has 0 bridgehead atoms. The van der Waals surface area contributed by atoms with E-state index in [2.05, 4.69) is 46.6 Å². The standard InChI is InChI=1S/C28H30N4O3/c29-27(34)24-13-7-8-14-25(24)35-17-26(33)31-16-21(15-30-22-9-3-1-4-10-22)28(18-31)19-32(20-28)23-11-5-2-6-12-23/h1-14,21,30H,15-20H2,(H2,29,34). The Balaban J connectivity index is 1.27. The zero-order valence-corrected chi connectivity index (χ0v) is 19.6. The third-order valence-corrected chi connectivity index (χ3v) is 7.13. The van der Waals surface area contributed by atoms with E-state index in [9.17, 15) is 9.59 Å². The van der Waals surface area contributed by atoms with Crippen molar-refractivity contribution < 1.29 is 14.3 Å². The number of carbonyl (C=O) groups is 2. The lowest BCUT2D eigenvalue weighted by atomic mass is 9.71. The Morgan fingerprint density at radius 1 is 0.914 bits per heavy atom. The maximum atomic E-state index is 13.1. The molecule has 1 unspecified atom stereocenters. The van der Waals surface area contributed by atoms with Gasteiger partial charge in [-0.05, 0) is 36.4 Å². The summed E-state index contributed by atoms with van der Waals surface area (Å²) in [6.07, 6.45) is 0. The average molecular weight is 471 g/mol. The van der Waals surface area contributed by atoms with Crippen molar-refractivity contribution in [2.24, 2.45) is 17.1 Å². The molecule has 2 aliphatic heterocycles. The number of hydrogen-bond acceptors (Lipinski definition) is 5. The van der Waals surface area contributed by atoms with Gasteiger partial charge in [0.1, 0.15) is 5.75 Å². The van der Waals surface area contributed by atoms with E-state index in [-0.39, 0.29) is 23.5 Å². The third kappa shape index (κ3) is 4.80. The molecule has 1 spiro atoms. The van der Waals surface area contributed by atoms with Crippen molar-refractivity contribution in [3.05, 3.63) is 90.5 Å². The number of primary amides is 1. The number of nitrogens with zero attached hydrogens (tertiary/aromatic N) is 2. The lowest BCUT2D eigenvalue weighted by molar-refractivity contribution is -0.132. The SMILES string of the molecule is NC(=O)c1ccccc1OCC(=O)N1CC(CNc2ccccc2)C2(C1)CN(c1ccccc1)C2. The number of hydrogen-bond donors (Lipinski definition) is 2. The summed E-state index contributed by atoms with van der Waals surface area (Å²) < 4.78 is 5.73. The molecule has 5 rings (SSSR count). The first kappa shape index (κ1) is 22.8. The Morgan fingerprint density at radius 3 is 2.29 bits per heavy atom. The molecule has 2 aliphatic rings. The summed E-state index contributed by atoms with van der Waals surface area (Å²) in [6, 6.07) is 27.3. The second-order valence-electron chi connectivity index (χ2n) is 9.42. The molecule has 7 heteroatoms.